The largest absolute Gasteiger partial charge is 0.493 e. The summed E-state index contributed by atoms with van der Waals surface area (Å²) in [6.07, 6.45) is 6.11. The van der Waals surface area contributed by atoms with Crippen LogP contribution in [0.25, 0.3) is 0 Å². The molecule has 0 aliphatic carbocycles. The maximum absolute atomic E-state index is 5.23. The van der Waals surface area contributed by atoms with Gasteiger partial charge in [0.2, 0.25) is 0 Å². The zero-order valence-electron chi connectivity index (χ0n) is 12.3. The fourth-order valence-corrected chi connectivity index (χ4v) is 1.82. The second-order valence-corrected chi connectivity index (χ2v) is 5.81. The third-order valence-electron chi connectivity index (χ3n) is 2.65. The quantitative estimate of drug-likeness (QED) is 0.926. The highest BCUT2D eigenvalue weighted by atomic mass is 16.5. The number of hydrogen-bond acceptors (Lipinski definition) is 5. The third kappa shape index (κ3) is 3.91. The van der Waals surface area contributed by atoms with E-state index in [1.807, 2.05) is 12.1 Å². The average molecular weight is 272 g/mol. The maximum atomic E-state index is 5.23. The molecular formula is C15H20N4O. The Morgan fingerprint density at radius 2 is 1.95 bits per heavy atom. The van der Waals surface area contributed by atoms with Crippen molar-refractivity contribution < 1.29 is 4.74 Å². The molecule has 0 fully saturated rings. The van der Waals surface area contributed by atoms with E-state index < -0.39 is 0 Å². The number of ether oxygens (including phenoxy) is 1. The molecule has 20 heavy (non-hydrogen) atoms. The molecule has 0 saturated heterocycles. The van der Waals surface area contributed by atoms with Crippen LogP contribution in [0.1, 0.15) is 26.5 Å². The number of hydrogen-bond donors (Lipinski definition) is 1. The molecule has 0 bridgehead atoms. The Bertz CT molecular complexity index is 561. The van der Waals surface area contributed by atoms with Crippen molar-refractivity contribution in [3.05, 3.63) is 36.4 Å². The molecule has 2 aromatic heterocycles. The lowest BCUT2D eigenvalue weighted by molar-refractivity contribution is 0.405. The van der Waals surface area contributed by atoms with Crippen molar-refractivity contribution in [1.82, 2.24) is 15.0 Å². The minimum atomic E-state index is 0.202. The Labute approximate surface area is 119 Å². The van der Waals surface area contributed by atoms with Gasteiger partial charge in [-0.1, -0.05) is 20.8 Å². The summed E-state index contributed by atoms with van der Waals surface area (Å²) in [6, 6.07) is 3.67. The van der Waals surface area contributed by atoms with E-state index in [1.165, 1.54) is 0 Å². The predicted octanol–water partition coefficient (Wildman–Crippen LogP) is 3.21. The first-order valence-electron chi connectivity index (χ1n) is 6.55. The summed E-state index contributed by atoms with van der Waals surface area (Å²) in [7, 11) is 1.61. The molecule has 2 rings (SSSR count). The third-order valence-corrected chi connectivity index (χ3v) is 2.65. The molecule has 0 aliphatic rings. The average Bonchev–Trinajstić information content (AvgIpc) is 2.40. The Morgan fingerprint density at radius 3 is 2.55 bits per heavy atom. The van der Waals surface area contributed by atoms with Gasteiger partial charge in [0.15, 0.2) is 11.6 Å². The van der Waals surface area contributed by atoms with Crippen molar-refractivity contribution in [2.75, 3.05) is 12.4 Å². The molecule has 0 aromatic carbocycles. The van der Waals surface area contributed by atoms with Gasteiger partial charge in [-0.15, -0.1) is 0 Å². The van der Waals surface area contributed by atoms with E-state index in [9.17, 15) is 0 Å². The van der Waals surface area contributed by atoms with Crippen LogP contribution >= 0.6 is 0 Å². The summed E-state index contributed by atoms with van der Waals surface area (Å²) < 4.78 is 5.23. The van der Waals surface area contributed by atoms with E-state index in [-0.39, 0.29) is 5.41 Å². The second kappa shape index (κ2) is 5.86. The Balaban J connectivity index is 2.11. The van der Waals surface area contributed by atoms with E-state index in [0.29, 0.717) is 17.4 Å². The maximum Gasteiger partial charge on any atom is 0.174 e. The van der Waals surface area contributed by atoms with Crippen molar-refractivity contribution in [1.29, 1.82) is 0 Å². The molecule has 0 spiro atoms. The van der Waals surface area contributed by atoms with Crippen LogP contribution in [0.5, 0.6) is 5.75 Å². The molecule has 0 radical (unpaired) electrons. The smallest absolute Gasteiger partial charge is 0.174 e. The van der Waals surface area contributed by atoms with Crippen molar-refractivity contribution >= 4 is 11.6 Å². The summed E-state index contributed by atoms with van der Waals surface area (Å²) in [4.78, 5) is 13.0. The van der Waals surface area contributed by atoms with Gasteiger partial charge in [-0.25, -0.2) is 9.97 Å². The highest BCUT2D eigenvalue weighted by Gasteiger charge is 2.12. The van der Waals surface area contributed by atoms with Crippen LogP contribution in [0.4, 0.5) is 11.6 Å². The van der Waals surface area contributed by atoms with Crippen molar-refractivity contribution in [2.24, 2.45) is 5.41 Å². The molecule has 0 amide bonds. The Hall–Kier alpha value is -2.17. The molecule has 0 unspecified atom stereocenters. The molecule has 5 nitrogen and oxygen atoms in total. The van der Waals surface area contributed by atoms with Crippen LogP contribution in [0.3, 0.4) is 0 Å². The lowest BCUT2D eigenvalue weighted by Crippen LogP contribution is -2.11. The molecule has 0 atom stereocenters. The summed E-state index contributed by atoms with van der Waals surface area (Å²) in [5.74, 6) is 1.96. The molecule has 1 N–H and O–H groups in total. The Kier molecular flexibility index (Phi) is 4.17. The number of aromatic nitrogens is 3. The van der Waals surface area contributed by atoms with Crippen LogP contribution in [0.15, 0.2) is 30.7 Å². The van der Waals surface area contributed by atoms with E-state index in [0.717, 1.165) is 12.1 Å². The molecule has 2 heterocycles. The van der Waals surface area contributed by atoms with Crippen LogP contribution in [0, 0.1) is 5.41 Å². The van der Waals surface area contributed by atoms with Crippen LogP contribution < -0.4 is 10.1 Å². The predicted molar refractivity (Wildman–Crippen MR) is 79.3 cm³/mol. The number of nitrogens with zero attached hydrogens (tertiary/aromatic N) is 3. The topological polar surface area (TPSA) is 59.9 Å². The van der Waals surface area contributed by atoms with Gasteiger partial charge in [0.1, 0.15) is 5.82 Å². The number of rotatable bonds is 4. The molecule has 0 saturated carbocycles. The Morgan fingerprint density at radius 1 is 1.15 bits per heavy atom. The summed E-state index contributed by atoms with van der Waals surface area (Å²) in [6.45, 7) is 6.54. The first kappa shape index (κ1) is 14.2. The fourth-order valence-electron chi connectivity index (χ4n) is 1.82. The summed E-state index contributed by atoms with van der Waals surface area (Å²) in [5.41, 5.74) is 1.18. The van der Waals surface area contributed by atoms with Crippen LogP contribution in [-0.2, 0) is 6.42 Å². The normalized spacial score (nSPS) is 11.2. The second-order valence-electron chi connectivity index (χ2n) is 5.81. The highest BCUT2D eigenvalue weighted by Crippen LogP contribution is 2.23. The monoisotopic (exact) mass is 272 g/mol. The minimum Gasteiger partial charge on any atom is -0.493 e. The van der Waals surface area contributed by atoms with Crippen LogP contribution in [0.2, 0.25) is 0 Å². The first-order valence-corrected chi connectivity index (χ1v) is 6.55. The fraction of sp³-hybridized carbons (Fsp3) is 0.400. The summed E-state index contributed by atoms with van der Waals surface area (Å²) >= 11 is 0. The van der Waals surface area contributed by atoms with Gasteiger partial charge < -0.3 is 10.1 Å². The first-order chi connectivity index (χ1) is 9.48. The lowest BCUT2D eigenvalue weighted by atomic mass is 9.91. The highest BCUT2D eigenvalue weighted by molar-refractivity contribution is 5.58. The van der Waals surface area contributed by atoms with Gasteiger partial charge in [-0.2, -0.15) is 0 Å². The molecular weight excluding hydrogens is 252 g/mol. The van der Waals surface area contributed by atoms with Gasteiger partial charge in [0, 0.05) is 6.20 Å². The van der Waals surface area contributed by atoms with Gasteiger partial charge in [0.05, 0.1) is 25.2 Å². The van der Waals surface area contributed by atoms with E-state index in [2.05, 4.69) is 41.0 Å². The van der Waals surface area contributed by atoms with E-state index >= 15 is 0 Å². The van der Waals surface area contributed by atoms with Crippen molar-refractivity contribution in [2.45, 2.75) is 27.2 Å². The number of methoxy groups -OCH3 is 1. The van der Waals surface area contributed by atoms with Gasteiger partial charge in [0.25, 0.3) is 0 Å². The standard InChI is InChI=1S/C15H20N4O/c1-15(2,3)8-11-9-18-13(10-17-11)19-14-12(20-4)6-5-7-16-14/h5-7,9-10H,8H2,1-4H3,(H,16,18,19). The SMILES string of the molecule is COc1cccnc1Nc1cnc(CC(C)(C)C)cn1. The van der Waals surface area contributed by atoms with Gasteiger partial charge >= 0.3 is 0 Å². The number of pyridine rings is 1. The van der Waals surface area contributed by atoms with E-state index in [4.69, 9.17) is 4.74 Å². The number of anilines is 2. The lowest BCUT2D eigenvalue weighted by Gasteiger charge is -2.17. The minimum absolute atomic E-state index is 0.202. The zero-order chi connectivity index (χ0) is 14.6. The van der Waals surface area contributed by atoms with Crippen LogP contribution in [-0.4, -0.2) is 22.1 Å². The zero-order valence-corrected chi connectivity index (χ0v) is 12.3. The van der Waals surface area contributed by atoms with E-state index in [1.54, 1.807) is 25.7 Å². The molecule has 2 aromatic rings. The molecule has 106 valence electrons. The molecule has 0 aliphatic heterocycles. The van der Waals surface area contributed by atoms with Gasteiger partial charge in [-0.3, -0.25) is 4.98 Å². The summed E-state index contributed by atoms with van der Waals surface area (Å²) in [5, 5.41) is 3.10. The molecule has 5 heteroatoms. The van der Waals surface area contributed by atoms with Crippen molar-refractivity contribution in [3.8, 4) is 5.75 Å². The van der Waals surface area contributed by atoms with Crippen molar-refractivity contribution in [3.63, 3.8) is 0 Å². The van der Waals surface area contributed by atoms with Gasteiger partial charge in [-0.05, 0) is 24.0 Å². The number of nitrogens with one attached hydrogen (secondary N) is 1.